The van der Waals surface area contributed by atoms with Crippen molar-refractivity contribution in [1.82, 2.24) is 5.32 Å². The van der Waals surface area contributed by atoms with Crippen LogP contribution in [-0.2, 0) is 0 Å². The molecule has 1 atom stereocenters. The lowest BCUT2D eigenvalue weighted by molar-refractivity contribution is 0.512. The Morgan fingerprint density at radius 2 is 2.30 bits per heavy atom. The van der Waals surface area contributed by atoms with E-state index in [2.05, 4.69) is 32.2 Å². The van der Waals surface area contributed by atoms with Crippen LogP contribution in [0, 0.1) is 11.8 Å². The molecule has 0 radical (unpaired) electrons. The molecule has 1 heterocycles. The highest BCUT2D eigenvalue weighted by atomic mass is 14.9. The molecule has 0 fully saturated rings. The third-order valence-corrected chi connectivity index (χ3v) is 2.17. The zero-order chi connectivity index (χ0) is 7.56. The van der Waals surface area contributed by atoms with Gasteiger partial charge in [-0.3, -0.25) is 0 Å². The Kier molecular flexibility index (Phi) is 2.50. The lowest BCUT2D eigenvalue weighted by atomic mass is 9.89. The summed E-state index contributed by atoms with van der Waals surface area (Å²) in [5.41, 5.74) is 1.62. The van der Waals surface area contributed by atoms with Crippen molar-refractivity contribution in [3.05, 3.63) is 11.6 Å². The highest BCUT2D eigenvalue weighted by Gasteiger charge is 2.14. The molecule has 0 aromatic heterocycles. The normalized spacial score (nSPS) is 26.8. The molecule has 0 spiro atoms. The fourth-order valence-corrected chi connectivity index (χ4v) is 1.61. The van der Waals surface area contributed by atoms with Gasteiger partial charge in [0.05, 0.1) is 0 Å². The van der Waals surface area contributed by atoms with Crippen molar-refractivity contribution in [1.29, 1.82) is 0 Å². The highest BCUT2D eigenvalue weighted by molar-refractivity contribution is 5.12. The fraction of sp³-hybridized carbons (Fsp3) is 0.778. The van der Waals surface area contributed by atoms with E-state index >= 15 is 0 Å². The van der Waals surface area contributed by atoms with E-state index in [0.29, 0.717) is 0 Å². The van der Waals surface area contributed by atoms with Crippen LogP contribution in [-0.4, -0.2) is 13.1 Å². The van der Waals surface area contributed by atoms with E-state index in [1.807, 2.05) is 0 Å². The van der Waals surface area contributed by atoms with E-state index in [-0.39, 0.29) is 0 Å². The molecule has 0 saturated heterocycles. The van der Waals surface area contributed by atoms with Crippen LogP contribution < -0.4 is 5.32 Å². The van der Waals surface area contributed by atoms with E-state index in [0.717, 1.165) is 24.9 Å². The van der Waals surface area contributed by atoms with Gasteiger partial charge < -0.3 is 5.32 Å². The summed E-state index contributed by atoms with van der Waals surface area (Å²) in [6.45, 7) is 9.06. The van der Waals surface area contributed by atoms with Crippen molar-refractivity contribution >= 4 is 0 Å². The van der Waals surface area contributed by atoms with Crippen LogP contribution in [0.1, 0.15) is 20.8 Å². The van der Waals surface area contributed by atoms with Gasteiger partial charge in [0.15, 0.2) is 0 Å². The Morgan fingerprint density at radius 1 is 1.60 bits per heavy atom. The maximum atomic E-state index is 3.34. The molecule has 1 nitrogen and oxygen atoms in total. The molecule has 58 valence electrons. The number of nitrogens with one attached hydrogen (secondary N) is 1. The van der Waals surface area contributed by atoms with Crippen molar-refractivity contribution in [2.75, 3.05) is 13.1 Å². The second-order valence-electron chi connectivity index (χ2n) is 3.42. The summed E-state index contributed by atoms with van der Waals surface area (Å²) in [7, 11) is 0. The molecule has 1 rings (SSSR count). The third-order valence-electron chi connectivity index (χ3n) is 2.17. The van der Waals surface area contributed by atoms with Gasteiger partial charge in [0.1, 0.15) is 0 Å². The summed E-state index contributed by atoms with van der Waals surface area (Å²) in [5, 5.41) is 3.34. The minimum atomic E-state index is 0.733. The lowest BCUT2D eigenvalue weighted by Crippen LogP contribution is -2.29. The Balaban J connectivity index is 2.61. The SMILES string of the molecule is CC(C)C1=CCNCC1C. The van der Waals surface area contributed by atoms with Crippen LogP contribution in [0.15, 0.2) is 11.6 Å². The van der Waals surface area contributed by atoms with Crippen LogP contribution in [0.25, 0.3) is 0 Å². The Labute approximate surface area is 63.5 Å². The first-order chi connectivity index (χ1) is 4.72. The summed E-state index contributed by atoms with van der Waals surface area (Å²) in [6, 6.07) is 0. The molecule has 1 N–H and O–H groups in total. The highest BCUT2D eigenvalue weighted by Crippen LogP contribution is 2.20. The van der Waals surface area contributed by atoms with E-state index < -0.39 is 0 Å². The Bertz CT molecular complexity index is 136. The van der Waals surface area contributed by atoms with Gasteiger partial charge in [-0.25, -0.2) is 0 Å². The zero-order valence-corrected chi connectivity index (χ0v) is 7.15. The molecule has 0 aromatic rings. The van der Waals surface area contributed by atoms with Gasteiger partial charge >= 0.3 is 0 Å². The molecule has 0 aromatic carbocycles. The average molecular weight is 139 g/mol. The summed E-state index contributed by atoms with van der Waals surface area (Å²) in [6.07, 6.45) is 2.33. The summed E-state index contributed by atoms with van der Waals surface area (Å²) in [5.74, 6) is 1.48. The van der Waals surface area contributed by atoms with E-state index in [9.17, 15) is 0 Å². The first kappa shape index (κ1) is 7.80. The second kappa shape index (κ2) is 3.20. The average Bonchev–Trinajstić information content (AvgIpc) is 1.88. The van der Waals surface area contributed by atoms with Gasteiger partial charge in [0, 0.05) is 13.1 Å². The van der Waals surface area contributed by atoms with Gasteiger partial charge in [-0.05, 0) is 11.8 Å². The van der Waals surface area contributed by atoms with Crippen LogP contribution in [0.2, 0.25) is 0 Å². The minimum absolute atomic E-state index is 0.733. The van der Waals surface area contributed by atoms with Gasteiger partial charge in [-0.2, -0.15) is 0 Å². The van der Waals surface area contributed by atoms with Crippen molar-refractivity contribution in [3.63, 3.8) is 0 Å². The molecule has 10 heavy (non-hydrogen) atoms. The fourth-order valence-electron chi connectivity index (χ4n) is 1.61. The molecular formula is C9H17N. The molecule has 0 amide bonds. The third kappa shape index (κ3) is 1.60. The lowest BCUT2D eigenvalue weighted by Gasteiger charge is -2.24. The van der Waals surface area contributed by atoms with Crippen molar-refractivity contribution in [3.8, 4) is 0 Å². The summed E-state index contributed by atoms with van der Waals surface area (Å²) < 4.78 is 0. The van der Waals surface area contributed by atoms with Gasteiger partial charge in [-0.1, -0.05) is 32.4 Å². The predicted molar refractivity (Wildman–Crippen MR) is 45.0 cm³/mol. The van der Waals surface area contributed by atoms with Crippen LogP contribution in [0.5, 0.6) is 0 Å². The molecule has 1 aliphatic rings. The first-order valence-electron chi connectivity index (χ1n) is 4.12. The van der Waals surface area contributed by atoms with E-state index in [1.54, 1.807) is 5.57 Å². The monoisotopic (exact) mass is 139 g/mol. The summed E-state index contributed by atoms with van der Waals surface area (Å²) in [4.78, 5) is 0. The Hall–Kier alpha value is -0.300. The van der Waals surface area contributed by atoms with Crippen molar-refractivity contribution in [2.45, 2.75) is 20.8 Å². The maximum Gasteiger partial charge on any atom is 0.0137 e. The minimum Gasteiger partial charge on any atom is -0.313 e. The Morgan fingerprint density at radius 3 is 2.70 bits per heavy atom. The first-order valence-corrected chi connectivity index (χ1v) is 4.12. The largest absolute Gasteiger partial charge is 0.313 e. The van der Waals surface area contributed by atoms with Crippen LogP contribution in [0.3, 0.4) is 0 Å². The summed E-state index contributed by atoms with van der Waals surface area (Å²) >= 11 is 0. The maximum absolute atomic E-state index is 3.34. The van der Waals surface area contributed by atoms with E-state index in [1.165, 1.54) is 0 Å². The smallest absolute Gasteiger partial charge is 0.0137 e. The van der Waals surface area contributed by atoms with Crippen molar-refractivity contribution in [2.24, 2.45) is 11.8 Å². The topological polar surface area (TPSA) is 12.0 Å². The van der Waals surface area contributed by atoms with E-state index in [4.69, 9.17) is 0 Å². The molecule has 1 heteroatoms. The predicted octanol–water partition coefficient (Wildman–Crippen LogP) is 1.81. The zero-order valence-electron chi connectivity index (χ0n) is 7.15. The van der Waals surface area contributed by atoms with Gasteiger partial charge in [0.25, 0.3) is 0 Å². The molecule has 1 unspecified atom stereocenters. The molecular weight excluding hydrogens is 122 g/mol. The molecule has 1 aliphatic heterocycles. The quantitative estimate of drug-likeness (QED) is 0.546. The molecule has 0 aliphatic carbocycles. The van der Waals surface area contributed by atoms with Gasteiger partial charge in [0.2, 0.25) is 0 Å². The second-order valence-corrected chi connectivity index (χ2v) is 3.42. The number of rotatable bonds is 1. The van der Waals surface area contributed by atoms with Crippen molar-refractivity contribution < 1.29 is 0 Å². The standard InChI is InChI=1S/C9H17N/c1-7(2)9-4-5-10-6-8(9)3/h4,7-8,10H,5-6H2,1-3H3. The van der Waals surface area contributed by atoms with Crippen LogP contribution in [0.4, 0.5) is 0 Å². The van der Waals surface area contributed by atoms with Gasteiger partial charge in [-0.15, -0.1) is 0 Å². The molecule has 0 bridgehead atoms. The molecule has 0 saturated carbocycles. The number of hydrogen-bond acceptors (Lipinski definition) is 1. The van der Waals surface area contributed by atoms with Crippen LogP contribution >= 0.6 is 0 Å². The number of hydrogen-bond donors (Lipinski definition) is 1.